The second-order valence-electron chi connectivity index (χ2n) is 6.22. The van der Waals surface area contributed by atoms with E-state index in [1.165, 1.54) is 11.8 Å². The molecule has 0 saturated carbocycles. The molecule has 140 valence electrons. The molecule has 7 nitrogen and oxygen atoms in total. The quantitative estimate of drug-likeness (QED) is 0.373. The van der Waals surface area contributed by atoms with Gasteiger partial charge in [-0.1, -0.05) is 48.1 Å². The average molecular weight is 409 g/mol. The maximum atomic E-state index is 5.33. The SMILES string of the molecule is CCCn1c2ccccc2c2nnc(SCc3noc(-c4cccs4)n3)nc21. The van der Waals surface area contributed by atoms with E-state index >= 15 is 0 Å². The predicted octanol–water partition coefficient (Wildman–Crippen LogP) is 4.79. The van der Waals surface area contributed by atoms with Crippen molar-refractivity contribution >= 4 is 45.2 Å². The van der Waals surface area contributed by atoms with Crippen molar-refractivity contribution in [3.8, 4) is 10.8 Å². The van der Waals surface area contributed by atoms with Gasteiger partial charge in [0.25, 0.3) is 5.89 Å². The lowest BCUT2D eigenvalue weighted by Gasteiger charge is -2.04. The van der Waals surface area contributed by atoms with Gasteiger partial charge in [-0.2, -0.15) is 4.98 Å². The Hall–Kier alpha value is -2.78. The number of benzene rings is 1. The van der Waals surface area contributed by atoms with Crippen molar-refractivity contribution in [2.75, 3.05) is 0 Å². The highest BCUT2D eigenvalue weighted by Gasteiger charge is 2.15. The minimum absolute atomic E-state index is 0.524. The summed E-state index contributed by atoms with van der Waals surface area (Å²) in [5, 5.41) is 16.5. The summed E-state index contributed by atoms with van der Waals surface area (Å²) in [4.78, 5) is 10.2. The first-order valence-corrected chi connectivity index (χ1v) is 10.8. The number of nitrogens with zero attached hydrogens (tertiary/aromatic N) is 6. The van der Waals surface area contributed by atoms with Crippen molar-refractivity contribution in [2.24, 2.45) is 0 Å². The van der Waals surface area contributed by atoms with Gasteiger partial charge in [-0.05, 0) is 23.9 Å². The fourth-order valence-corrected chi connectivity index (χ4v) is 4.41. The topological polar surface area (TPSA) is 82.5 Å². The summed E-state index contributed by atoms with van der Waals surface area (Å²) < 4.78 is 7.55. The second kappa shape index (κ2) is 7.33. The second-order valence-corrected chi connectivity index (χ2v) is 8.11. The molecule has 0 saturated heterocycles. The maximum Gasteiger partial charge on any atom is 0.268 e. The molecule has 0 fully saturated rings. The maximum absolute atomic E-state index is 5.33. The van der Waals surface area contributed by atoms with Gasteiger partial charge < -0.3 is 9.09 Å². The molecule has 1 aromatic carbocycles. The summed E-state index contributed by atoms with van der Waals surface area (Å²) in [6, 6.07) is 12.2. The third-order valence-corrected chi connectivity index (χ3v) is 6.02. The van der Waals surface area contributed by atoms with Gasteiger partial charge >= 0.3 is 0 Å². The summed E-state index contributed by atoms with van der Waals surface area (Å²) in [6.07, 6.45) is 1.02. The lowest BCUT2D eigenvalue weighted by molar-refractivity contribution is 0.426. The number of hydrogen-bond donors (Lipinski definition) is 0. The van der Waals surface area contributed by atoms with E-state index in [1.54, 1.807) is 11.3 Å². The summed E-state index contributed by atoms with van der Waals surface area (Å²) in [5.41, 5.74) is 2.85. The lowest BCUT2D eigenvalue weighted by atomic mass is 10.2. The number of hydrogen-bond acceptors (Lipinski definition) is 8. The zero-order valence-electron chi connectivity index (χ0n) is 15.1. The van der Waals surface area contributed by atoms with Crippen molar-refractivity contribution in [1.29, 1.82) is 0 Å². The molecule has 0 aliphatic heterocycles. The highest BCUT2D eigenvalue weighted by molar-refractivity contribution is 7.98. The molecule has 0 amide bonds. The van der Waals surface area contributed by atoms with Crippen LogP contribution in [0.4, 0.5) is 0 Å². The van der Waals surface area contributed by atoms with E-state index in [1.807, 2.05) is 29.6 Å². The third-order valence-electron chi connectivity index (χ3n) is 4.33. The number of rotatable bonds is 6. The summed E-state index contributed by atoms with van der Waals surface area (Å²) in [5.74, 6) is 1.69. The highest BCUT2D eigenvalue weighted by atomic mass is 32.2. The molecule has 0 radical (unpaired) electrons. The minimum Gasteiger partial charge on any atom is -0.333 e. The van der Waals surface area contributed by atoms with Gasteiger partial charge in [0, 0.05) is 11.9 Å². The number of fused-ring (bicyclic) bond motifs is 3. The van der Waals surface area contributed by atoms with Gasteiger partial charge in [-0.25, -0.2) is 4.98 Å². The van der Waals surface area contributed by atoms with Crippen molar-refractivity contribution in [3.05, 3.63) is 47.6 Å². The average Bonchev–Trinajstić information content (AvgIpc) is 3.47. The molecule has 0 bridgehead atoms. The first-order valence-electron chi connectivity index (χ1n) is 8.94. The largest absolute Gasteiger partial charge is 0.333 e. The van der Waals surface area contributed by atoms with E-state index in [4.69, 9.17) is 9.51 Å². The van der Waals surface area contributed by atoms with Crippen LogP contribution in [-0.2, 0) is 12.3 Å². The molecule has 0 aliphatic carbocycles. The van der Waals surface area contributed by atoms with Crippen molar-refractivity contribution in [3.63, 3.8) is 0 Å². The molecule has 0 spiro atoms. The Kier molecular flexibility index (Phi) is 4.53. The first-order chi connectivity index (χ1) is 13.8. The number of thiophene rings is 1. The number of thioether (sulfide) groups is 1. The fourth-order valence-electron chi connectivity index (χ4n) is 3.14. The van der Waals surface area contributed by atoms with Gasteiger partial charge in [0.15, 0.2) is 11.5 Å². The van der Waals surface area contributed by atoms with Crippen LogP contribution in [0.5, 0.6) is 0 Å². The fraction of sp³-hybridized carbons (Fsp3) is 0.211. The van der Waals surface area contributed by atoms with Crippen molar-refractivity contribution < 1.29 is 4.52 Å². The smallest absolute Gasteiger partial charge is 0.268 e. The van der Waals surface area contributed by atoms with Crippen LogP contribution < -0.4 is 0 Å². The van der Waals surface area contributed by atoms with Gasteiger partial charge in [0.05, 0.1) is 16.1 Å². The lowest BCUT2D eigenvalue weighted by Crippen LogP contribution is -2.00. The molecule has 0 aliphatic rings. The summed E-state index contributed by atoms with van der Waals surface area (Å²) in [6.45, 7) is 3.05. The van der Waals surface area contributed by atoms with E-state index in [9.17, 15) is 0 Å². The Morgan fingerprint density at radius 3 is 2.89 bits per heavy atom. The van der Waals surface area contributed by atoms with Gasteiger partial charge in [-0.3, -0.25) is 0 Å². The molecule has 28 heavy (non-hydrogen) atoms. The van der Waals surface area contributed by atoms with E-state index in [0.29, 0.717) is 22.6 Å². The van der Waals surface area contributed by atoms with Crippen LogP contribution in [-0.4, -0.2) is 29.9 Å². The molecular formula is C19H16N6OS2. The molecule has 0 unspecified atom stereocenters. The Labute approximate surface area is 168 Å². The van der Waals surface area contributed by atoms with E-state index in [2.05, 4.69) is 44.0 Å². The Morgan fingerprint density at radius 2 is 2.04 bits per heavy atom. The molecule has 4 aromatic heterocycles. The molecule has 0 N–H and O–H groups in total. The molecule has 5 aromatic rings. The van der Waals surface area contributed by atoms with Crippen LogP contribution in [0, 0.1) is 0 Å². The zero-order chi connectivity index (χ0) is 18.9. The van der Waals surface area contributed by atoms with Crippen LogP contribution in [0.25, 0.3) is 32.8 Å². The Balaban J connectivity index is 1.43. The normalized spacial score (nSPS) is 11.6. The number of aromatic nitrogens is 6. The van der Waals surface area contributed by atoms with Gasteiger partial charge in [-0.15, -0.1) is 21.5 Å². The van der Waals surface area contributed by atoms with Crippen molar-refractivity contribution in [2.45, 2.75) is 30.8 Å². The molecule has 9 heteroatoms. The van der Waals surface area contributed by atoms with Crippen LogP contribution in [0.3, 0.4) is 0 Å². The summed E-state index contributed by atoms with van der Waals surface area (Å²) >= 11 is 3.03. The molecule has 4 heterocycles. The van der Waals surface area contributed by atoms with Gasteiger partial charge in [0.2, 0.25) is 5.16 Å². The standard InChI is InChI=1S/C19H16N6OS2/c1-2-9-25-13-7-4-3-6-12(13)16-17(25)21-19(23-22-16)28-11-15-20-18(26-24-15)14-8-5-10-27-14/h3-8,10H,2,9,11H2,1H3. The minimum atomic E-state index is 0.524. The van der Waals surface area contributed by atoms with Crippen molar-refractivity contribution in [1.82, 2.24) is 29.9 Å². The van der Waals surface area contributed by atoms with Crippen LogP contribution in [0.15, 0.2) is 51.5 Å². The van der Waals surface area contributed by atoms with E-state index < -0.39 is 0 Å². The highest BCUT2D eigenvalue weighted by Crippen LogP contribution is 2.28. The number of para-hydroxylation sites is 1. The van der Waals surface area contributed by atoms with Crippen LogP contribution in [0.1, 0.15) is 19.2 Å². The zero-order valence-corrected chi connectivity index (χ0v) is 16.7. The Morgan fingerprint density at radius 1 is 1.11 bits per heavy atom. The van der Waals surface area contributed by atoms with Crippen LogP contribution >= 0.6 is 23.1 Å². The van der Waals surface area contributed by atoms with E-state index in [0.717, 1.165) is 39.9 Å². The molecule has 5 rings (SSSR count). The Bertz CT molecular complexity index is 1240. The molecule has 0 atom stereocenters. The first kappa shape index (κ1) is 17.3. The van der Waals surface area contributed by atoms with E-state index in [-0.39, 0.29) is 0 Å². The third kappa shape index (κ3) is 3.06. The monoisotopic (exact) mass is 408 g/mol. The van der Waals surface area contributed by atoms with Gasteiger partial charge in [0.1, 0.15) is 5.52 Å². The summed E-state index contributed by atoms with van der Waals surface area (Å²) in [7, 11) is 0. The molecular weight excluding hydrogens is 392 g/mol. The van der Waals surface area contributed by atoms with Crippen LogP contribution in [0.2, 0.25) is 0 Å². The predicted molar refractivity (Wildman–Crippen MR) is 110 cm³/mol. The number of aryl methyl sites for hydroxylation is 1.